The number of sulfonamides is 1. The number of fused-ring (bicyclic) bond motifs is 1. The SMILES string of the molecule is Cc1cc(C)c2cc(CCNS(=O)(=O)c3ccccc3C#N)c(=O)[nH]c2c1. The van der Waals surface area contributed by atoms with E-state index in [1.165, 1.54) is 12.1 Å². The Labute approximate surface area is 157 Å². The third-order valence-corrected chi connectivity index (χ3v) is 5.89. The highest BCUT2D eigenvalue weighted by molar-refractivity contribution is 7.89. The van der Waals surface area contributed by atoms with Crippen molar-refractivity contribution in [3.63, 3.8) is 0 Å². The maximum atomic E-state index is 12.4. The summed E-state index contributed by atoms with van der Waals surface area (Å²) in [6.45, 7) is 3.99. The smallest absolute Gasteiger partial charge is 0.251 e. The molecule has 0 fully saturated rings. The predicted octanol–water partition coefficient (Wildman–Crippen LogP) is 2.54. The van der Waals surface area contributed by atoms with Crippen LogP contribution in [0, 0.1) is 25.2 Å². The molecule has 0 spiro atoms. The van der Waals surface area contributed by atoms with Crippen LogP contribution in [0.3, 0.4) is 0 Å². The first-order valence-corrected chi connectivity index (χ1v) is 9.92. The lowest BCUT2D eigenvalue weighted by Gasteiger charge is -2.09. The first kappa shape index (κ1) is 18.8. The largest absolute Gasteiger partial charge is 0.322 e. The van der Waals surface area contributed by atoms with Crippen LogP contribution in [0.15, 0.2) is 52.2 Å². The standard InChI is InChI=1S/C20H19N3O3S/c1-13-9-14(2)17-11-15(20(24)23-18(17)10-13)7-8-22-27(25,26)19-6-4-3-5-16(19)12-21/h3-6,9-11,22H,7-8H2,1-2H3,(H,23,24). The Balaban J connectivity index is 1.82. The minimum Gasteiger partial charge on any atom is -0.322 e. The summed E-state index contributed by atoms with van der Waals surface area (Å²) in [6, 6.07) is 13.6. The molecule has 0 bridgehead atoms. The van der Waals surface area contributed by atoms with Crippen LogP contribution in [0.2, 0.25) is 0 Å². The van der Waals surface area contributed by atoms with Crippen molar-refractivity contribution in [1.82, 2.24) is 9.71 Å². The summed E-state index contributed by atoms with van der Waals surface area (Å²) in [7, 11) is -3.83. The van der Waals surface area contributed by atoms with Crippen LogP contribution in [-0.4, -0.2) is 19.9 Å². The Morgan fingerprint density at radius 2 is 1.89 bits per heavy atom. The molecule has 0 aliphatic rings. The van der Waals surface area contributed by atoms with E-state index in [2.05, 4.69) is 9.71 Å². The van der Waals surface area contributed by atoms with Crippen LogP contribution < -0.4 is 10.3 Å². The first-order valence-electron chi connectivity index (χ1n) is 8.44. The van der Waals surface area contributed by atoms with E-state index in [1.54, 1.807) is 18.2 Å². The molecule has 27 heavy (non-hydrogen) atoms. The van der Waals surface area contributed by atoms with Crippen molar-refractivity contribution in [2.45, 2.75) is 25.2 Å². The molecular weight excluding hydrogens is 362 g/mol. The van der Waals surface area contributed by atoms with Crippen molar-refractivity contribution in [2.75, 3.05) is 6.54 Å². The number of H-pyrrole nitrogens is 1. The van der Waals surface area contributed by atoms with Crippen LogP contribution in [0.1, 0.15) is 22.3 Å². The number of aryl methyl sites for hydroxylation is 2. The number of benzene rings is 2. The van der Waals surface area contributed by atoms with Gasteiger partial charge in [0.15, 0.2) is 0 Å². The number of aromatic amines is 1. The minimum atomic E-state index is -3.83. The van der Waals surface area contributed by atoms with Crippen molar-refractivity contribution >= 4 is 20.9 Å². The molecule has 0 aliphatic carbocycles. The van der Waals surface area contributed by atoms with E-state index >= 15 is 0 Å². The Kier molecular flexibility index (Phi) is 5.13. The summed E-state index contributed by atoms with van der Waals surface area (Å²) in [6.07, 6.45) is 0.243. The molecule has 6 nitrogen and oxygen atoms in total. The number of nitrogens with one attached hydrogen (secondary N) is 2. The van der Waals surface area contributed by atoms with Crippen LogP contribution in [0.25, 0.3) is 10.9 Å². The van der Waals surface area contributed by atoms with Gasteiger partial charge in [0.25, 0.3) is 5.56 Å². The zero-order chi connectivity index (χ0) is 19.6. The van der Waals surface area contributed by atoms with Gasteiger partial charge in [0, 0.05) is 23.0 Å². The van der Waals surface area contributed by atoms with E-state index in [9.17, 15) is 13.2 Å². The maximum Gasteiger partial charge on any atom is 0.251 e. The molecule has 2 N–H and O–H groups in total. The van der Waals surface area contributed by atoms with Crippen molar-refractivity contribution in [3.8, 4) is 6.07 Å². The molecule has 0 amide bonds. The highest BCUT2D eigenvalue weighted by atomic mass is 32.2. The summed E-state index contributed by atoms with van der Waals surface area (Å²) < 4.78 is 27.4. The second-order valence-electron chi connectivity index (χ2n) is 6.42. The summed E-state index contributed by atoms with van der Waals surface area (Å²) in [5, 5.41) is 10.0. The summed E-state index contributed by atoms with van der Waals surface area (Å²) in [5.41, 5.74) is 3.23. The van der Waals surface area contributed by atoms with Gasteiger partial charge in [-0.3, -0.25) is 4.79 Å². The average Bonchev–Trinajstić information content (AvgIpc) is 2.62. The Bertz CT molecular complexity index is 1220. The van der Waals surface area contributed by atoms with Gasteiger partial charge in [-0.15, -0.1) is 0 Å². The molecule has 138 valence electrons. The zero-order valence-electron chi connectivity index (χ0n) is 15.0. The van der Waals surface area contributed by atoms with E-state index in [4.69, 9.17) is 5.26 Å². The molecule has 3 aromatic rings. The number of nitrogens with zero attached hydrogens (tertiary/aromatic N) is 1. The van der Waals surface area contributed by atoms with Crippen molar-refractivity contribution < 1.29 is 8.42 Å². The molecule has 0 atom stereocenters. The van der Waals surface area contributed by atoms with Gasteiger partial charge in [0.05, 0.1) is 10.5 Å². The third-order valence-electron chi connectivity index (χ3n) is 4.37. The summed E-state index contributed by atoms with van der Waals surface area (Å²) in [5.74, 6) is 0. The van der Waals surface area contributed by atoms with Gasteiger partial charge >= 0.3 is 0 Å². The molecule has 0 saturated carbocycles. The monoisotopic (exact) mass is 381 g/mol. The lowest BCUT2D eigenvalue weighted by atomic mass is 10.0. The molecule has 0 aliphatic heterocycles. The van der Waals surface area contributed by atoms with Crippen molar-refractivity contribution in [2.24, 2.45) is 0 Å². The molecule has 1 heterocycles. The summed E-state index contributed by atoms with van der Waals surface area (Å²) >= 11 is 0. The number of rotatable bonds is 5. The highest BCUT2D eigenvalue weighted by Crippen LogP contribution is 2.19. The molecule has 0 unspecified atom stereocenters. The van der Waals surface area contributed by atoms with Crippen molar-refractivity contribution in [3.05, 3.63) is 75.1 Å². The second-order valence-corrected chi connectivity index (χ2v) is 8.16. The van der Waals surface area contributed by atoms with E-state index in [0.29, 0.717) is 5.56 Å². The third kappa shape index (κ3) is 3.92. The number of aromatic nitrogens is 1. The number of pyridine rings is 1. The number of nitriles is 1. The van der Waals surface area contributed by atoms with E-state index in [0.717, 1.165) is 22.0 Å². The van der Waals surface area contributed by atoms with Gasteiger partial charge < -0.3 is 4.98 Å². The minimum absolute atomic E-state index is 0.0571. The van der Waals surface area contributed by atoms with E-state index < -0.39 is 10.0 Å². The molecule has 1 aromatic heterocycles. The Hall–Kier alpha value is -2.95. The normalized spacial score (nSPS) is 11.4. The Morgan fingerprint density at radius 1 is 1.15 bits per heavy atom. The number of hydrogen-bond acceptors (Lipinski definition) is 4. The van der Waals surface area contributed by atoms with E-state index in [1.807, 2.05) is 32.0 Å². The first-order chi connectivity index (χ1) is 12.8. The van der Waals surface area contributed by atoms with Crippen LogP contribution >= 0.6 is 0 Å². The van der Waals surface area contributed by atoms with Crippen LogP contribution in [-0.2, 0) is 16.4 Å². The molecule has 2 aromatic carbocycles. The van der Waals surface area contributed by atoms with Crippen LogP contribution in [0.4, 0.5) is 0 Å². The quantitative estimate of drug-likeness (QED) is 0.709. The van der Waals surface area contributed by atoms with Gasteiger partial charge in [0.2, 0.25) is 10.0 Å². The summed E-state index contributed by atoms with van der Waals surface area (Å²) in [4.78, 5) is 15.1. The van der Waals surface area contributed by atoms with Gasteiger partial charge in [0.1, 0.15) is 6.07 Å². The maximum absolute atomic E-state index is 12.4. The topological polar surface area (TPSA) is 103 Å². The van der Waals surface area contributed by atoms with Crippen LogP contribution in [0.5, 0.6) is 0 Å². The fourth-order valence-corrected chi connectivity index (χ4v) is 4.28. The zero-order valence-corrected chi connectivity index (χ0v) is 15.9. The molecule has 0 saturated heterocycles. The second kappa shape index (κ2) is 7.35. The highest BCUT2D eigenvalue weighted by Gasteiger charge is 2.17. The van der Waals surface area contributed by atoms with Gasteiger partial charge in [-0.25, -0.2) is 13.1 Å². The van der Waals surface area contributed by atoms with Crippen molar-refractivity contribution in [1.29, 1.82) is 5.26 Å². The predicted molar refractivity (Wildman–Crippen MR) is 104 cm³/mol. The lowest BCUT2D eigenvalue weighted by Crippen LogP contribution is -2.28. The fraction of sp³-hybridized carbons (Fsp3) is 0.200. The molecule has 3 rings (SSSR count). The lowest BCUT2D eigenvalue weighted by molar-refractivity contribution is 0.581. The molecule has 0 radical (unpaired) electrons. The van der Waals surface area contributed by atoms with Gasteiger partial charge in [-0.05, 0) is 55.7 Å². The van der Waals surface area contributed by atoms with Gasteiger partial charge in [-0.2, -0.15) is 5.26 Å². The Morgan fingerprint density at radius 3 is 2.63 bits per heavy atom. The number of hydrogen-bond donors (Lipinski definition) is 2. The average molecular weight is 381 g/mol. The van der Waals surface area contributed by atoms with Gasteiger partial charge in [-0.1, -0.05) is 18.2 Å². The molecule has 7 heteroatoms. The van der Waals surface area contributed by atoms with E-state index in [-0.39, 0.29) is 29.0 Å². The fourth-order valence-electron chi connectivity index (χ4n) is 3.09. The molecular formula is C20H19N3O3S.